The molecule has 1 amide bonds. The number of aromatic nitrogens is 1. The number of rotatable bonds is 3. The zero-order valence-corrected chi connectivity index (χ0v) is 11.7. The zero-order valence-electron chi connectivity index (χ0n) is 10.9. The van der Waals surface area contributed by atoms with Crippen LogP contribution >= 0.6 is 11.3 Å². The van der Waals surface area contributed by atoms with Crippen LogP contribution in [-0.4, -0.2) is 29.5 Å². The molecule has 4 nitrogen and oxygen atoms in total. The van der Waals surface area contributed by atoms with Gasteiger partial charge in [0.15, 0.2) is 5.13 Å². The van der Waals surface area contributed by atoms with Crippen LogP contribution in [0, 0.1) is 0 Å². The standard InChI is InChI=1S/C13H19N3OS/c1-8(2)14-10-6-7-16(12(10)17)13-15-9-4-3-5-11(9)18-13/h8,10,14H,3-7H2,1-2H3. The van der Waals surface area contributed by atoms with Gasteiger partial charge in [-0.15, -0.1) is 11.3 Å². The molecule has 2 heterocycles. The number of hydrogen-bond acceptors (Lipinski definition) is 4. The number of anilines is 1. The average molecular weight is 265 g/mol. The van der Waals surface area contributed by atoms with E-state index in [0.717, 1.165) is 30.9 Å². The molecule has 1 aromatic rings. The van der Waals surface area contributed by atoms with Gasteiger partial charge in [0, 0.05) is 17.5 Å². The van der Waals surface area contributed by atoms with Gasteiger partial charge in [-0.25, -0.2) is 4.98 Å². The Morgan fingerprint density at radius 1 is 1.44 bits per heavy atom. The van der Waals surface area contributed by atoms with E-state index < -0.39 is 0 Å². The predicted octanol–water partition coefficient (Wildman–Crippen LogP) is 1.74. The number of thiazole rings is 1. The van der Waals surface area contributed by atoms with E-state index in [0.29, 0.717) is 6.04 Å². The molecule has 1 N–H and O–H groups in total. The Bertz CT molecular complexity index is 447. The summed E-state index contributed by atoms with van der Waals surface area (Å²) in [6.07, 6.45) is 4.34. The van der Waals surface area contributed by atoms with Crippen molar-refractivity contribution in [1.82, 2.24) is 10.3 Å². The fraction of sp³-hybridized carbons (Fsp3) is 0.692. The highest BCUT2D eigenvalue weighted by Gasteiger charge is 2.35. The molecule has 1 saturated heterocycles. The second-order valence-electron chi connectivity index (χ2n) is 5.37. The Labute approximate surface area is 111 Å². The minimum Gasteiger partial charge on any atom is -0.304 e. The summed E-state index contributed by atoms with van der Waals surface area (Å²) in [5.74, 6) is 0.191. The van der Waals surface area contributed by atoms with Gasteiger partial charge in [0.1, 0.15) is 0 Å². The number of carbonyl (C=O) groups is 1. The van der Waals surface area contributed by atoms with Crippen molar-refractivity contribution in [3.8, 4) is 0 Å². The first-order valence-corrected chi connectivity index (χ1v) is 7.53. The predicted molar refractivity (Wildman–Crippen MR) is 73.2 cm³/mol. The number of fused-ring (bicyclic) bond motifs is 1. The monoisotopic (exact) mass is 265 g/mol. The number of hydrogen-bond donors (Lipinski definition) is 1. The smallest absolute Gasteiger partial charge is 0.245 e. The lowest BCUT2D eigenvalue weighted by atomic mass is 10.2. The quantitative estimate of drug-likeness (QED) is 0.905. The fourth-order valence-corrected chi connectivity index (χ4v) is 3.90. The molecule has 1 aliphatic heterocycles. The zero-order chi connectivity index (χ0) is 12.7. The molecule has 1 aromatic heterocycles. The summed E-state index contributed by atoms with van der Waals surface area (Å²) >= 11 is 1.71. The van der Waals surface area contributed by atoms with Crippen LogP contribution in [0.1, 0.15) is 37.3 Å². The third kappa shape index (κ3) is 2.06. The Morgan fingerprint density at radius 2 is 2.28 bits per heavy atom. The summed E-state index contributed by atoms with van der Waals surface area (Å²) in [7, 11) is 0. The van der Waals surface area contributed by atoms with Crippen molar-refractivity contribution in [3.05, 3.63) is 10.6 Å². The van der Waals surface area contributed by atoms with Gasteiger partial charge < -0.3 is 5.32 Å². The Hall–Kier alpha value is -0.940. The number of amides is 1. The lowest BCUT2D eigenvalue weighted by Crippen LogP contribution is -2.41. The number of nitrogens with zero attached hydrogens (tertiary/aromatic N) is 2. The molecule has 18 heavy (non-hydrogen) atoms. The van der Waals surface area contributed by atoms with Crippen LogP contribution in [-0.2, 0) is 17.6 Å². The van der Waals surface area contributed by atoms with Gasteiger partial charge >= 0.3 is 0 Å². The molecule has 3 rings (SSSR count). The first kappa shape index (κ1) is 12.1. The fourth-order valence-electron chi connectivity index (χ4n) is 2.72. The van der Waals surface area contributed by atoms with E-state index in [1.54, 1.807) is 11.3 Å². The van der Waals surface area contributed by atoms with Crippen LogP contribution in [0.4, 0.5) is 5.13 Å². The van der Waals surface area contributed by atoms with E-state index in [9.17, 15) is 4.79 Å². The third-order valence-electron chi connectivity index (χ3n) is 3.56. The summed E-state index contributed by atoms with van der Waals surface area (Å²) in [5.41, 5.74) is 1.23. The lowest BCUT2D eigenvalue weighted by molar-refractivity contribution is -0.118. The van der Waals surface area contributed by atoms with Gasteiger partial charge in [-0.3, -0.25) is 9.69 Å². The van der Waals surface area contributed by atoms with Crippen molar-refractivity contribution in [3.63, 3.8) is 0 Å². The van der Waals surface area contributed by atoms with Crippen molar-refractivity contribution in [2.45, 2.75) is 51.6 Å². The molecule has 98 valence electrons. The van der Waals surface area contributed by atoms with Crippen molar-refractivity contribution in [2.24, 2.45) is 0 Å². The molecule has 1 aliphatic carbocycles. The summed E-state index contributed by atoms with van der Waals surface area (Å²) in [4.78, 5) is 20.2. The van der Waals surface area contributed by atoms with Crippen molar-refractivity contribution < 1.29 is 4.79 Å². The van der Waals surface area contributed by atoms with Crippen molar-refractivity contribution in [1.29, 1.82) is 0 Å². The first-order chi connectivity index (χ1) is 8.65. The van der Waals surface area contributed by atoms with Gasteiger partial charge in [-0.2, -0.15) is 0 Å². The Morgan fingerprint density at radius 3 is 3.00 bits per heavy atom. The Kier molecular flexibility index (Phi) is 3.11. The van der Waals surface area contributed by atoms with Crippen LogP contribution < -0.4 is 10.2 Å². The summed E-state index contributed by atoms with van der Waals surface area (Å²) < 4.78 is 0. The molecule has 1 atom stereocenters. The molecule has 1 fully saturated rings. The largest absolute Gasteiger partial charge is 0.304 e. The highest BCUT2D eigenvalue weighted by molar-refractivity contribution is 7.16. The summed E-state index contributed by atoms with van der Waals surface area (Å²) in [6, 6.07) is 0.323. The molecule has 1 unspecified atom stereocenters. The lowest BCUT2D eigenvalue weighted by Gasteiger charge is -2.16. The van der Waals surface area contributed by atoms with E-state index in [1.807, 2.05) is 4.90 Å². The second-order valence-corrected chi connectivity index (χ2v) is 6.43. The molecule has 5 heteroatoms. The SMILES string of the molecule is CC(C)NC1CCN(c2nc3c(s2)CCC3)C1=O. The van der Waals surface area contributed by atoms with E-state index in [2.05, 4.69) is 24.1 Å². The van der Waals surface area contributed by atoms with E-state index in [4.69, 9.17) is 0 Å². The van der Waals surface area contributed by atoms with Crippen LogP contribution in [0.3, 0.4) is 0 Å². The maximum Gasteiger partial charge on any atom is 0.245 e. The van der Waals surface area contributed by atoms with Crippen LogP contribution in [0.25, 0.3) is 0 Å². The molecule has 0 spiro atoms. The normalized spacial score (nSPS) is 23.2. The average Bonchev–Trinajstić information content (AvgIpc) is 2.93. The summed E-state index contributed by atoms with van der Waals surface area (Å²) in [5, 5.41) is 4.24. The molecule has 0 radical (unpaired) electrons. The molecule has 0 aromatic carbocycles. The topological polar surface area (TPSA) is 45.2 Å². The molecule has 0 saturated carbocycles. The first-order valence-electron chi connectivity index (χ1n) is 6.71. The van der Waals surface area contributed by atoms with Gasteiger partial charge in [0.25, 0.3) is 0 Å². The van der Waals surface area contributed by atoms with Crippen molar-refractivity contribution in [2.75, 3.05) is 11.4 Å². The minimum absolute atomic E-state index is 0.0243. The number of aryl methyl sites for hydroxylation is 2. The highest BCUT2D eigenvalue weighted by atomic mass is 32.1. The van der Waals surface area contributed by atoms with E-state index >= 15 is 0 Å². The van der Waals surface area contributed by atoms with Crippen LogP contribution in [0.15, 0.2) is 0 Å². The van der Waals surface area contributed by atoms with Gasteiger partial charge in [0.05, 0.1) is 11.7 Å². The van der Waals surface area contributed by atoms with Crippen LogP contribution in [0.5, 0.6) is 0 Å². The van der Waals surface area contributed by atoms with E-state index in [-0.39, 0.29) is 11.9 Å². The highest BCUT2D eigenvalue weighted by Crippen LogP contribution is 2.34. The number of nitrogens with one attached hydrogen (secondary N) is 1. The third-order valence-corrected chi connectivity index (χ3v) is 4.74. The van der Waals surface area contributed by atoms with Crippen molar-refractivity contribution >= 4 is 22.4 Å². The maximum atomic E-state index is 12.3. The Balaban J connectivity index is 1.75. The molecular weight excluding hydrogens is 246 g/mol. The van der Waals surface area contributed by atoms with Gasteiger partial charge in [0.2, 0.25) is 5.91 Å². The molecule has 2 aliphatic rings. The molecular formula is C13H19N3OS. The number of carbonyl (C=O) groups excluding carboxylic acids is 1. The minimum atomic E-state index is -0.0243. The summed E-state index contributed by atoms with van der Waals surface area (Å²) in [6.45, 7) is 4.96. The maximum absolute atomic E-state index is 12.3. The van der Waals surface area contributed by atoms with E-state index in [1.165, 1.54) is 17.0 Å². The van der Waals surface area contributed by atoms with Gasteiger partial charge in [-0.05, 0) is 25.7 Å². The second kappa shape index (κ2) is 4.63. The molecule has 0 bridgehead atoms. The van der Waals surface area contributed by atoms with Crippen LogP contribution in [0.2, 0.25) is 0 Å². The van der Waals surface area contributed by atoms with Gasteiger partial charge in [-0.1, -0.05) is 13.8 Å².